The maximum atomic E-state index is 13.7. The van der Waals surface area contributed by atoms with Gasteiger partial charge in [0.05, 0.1) is 17.3 Å². The number of carbonyl (C=O) groups is 3. The summed E-state index contributed by atoms with van der Waals surface area (Å²) in [5.74, 6) is -0.531. The molecular formula is C38H28Cl2N4O4S2. The number of hydrogen-bond acceptors (Lipinski definition) is 7. The lowest BCUT2D eigenvalue weighted by Crippen LogP contribution is -2.30. The van der Waals surface area contributed by atoms with Crippen LogP contribution in [0.25, 0.3) is 16.3 Å². The predicted molar refractivity (Wildman–Crippen MR) is 203 cm³/mol. The number of halogens is 2. The lowest BCUT2D eigenvalue weighted by atomic mass is 10.1. The van der Waals surface area contributed by atoms with Gasteiger partial charge in [-0.05, 0) is 83.9 Å². The van der Waals surface area contributed by atoms with Gasteiger partial charge in [0.15, 0.2) is 5.13 Å². The van der Waals surface area contributed by atoms with Gasteiger partial charge < -0.3 is 20.7 Å². The summed E-state index contributed by atoms with van der Waals surface area (Å²) in [5, 5.41) is 9.18. The van der Waals surface area contributed by atoms with Crippen molar-refractivity contribution in [2.45, 2.75) is 10.1 Å². The molecule has 1 aromatic heterocycles. The van der Waals surface area contributed by atoms with Crippen LogP contribution in [0.3, 0.4) is 0 Å². The molecule has 6 rings (SSSR count). The van der Waals surface area contributed by atoms with Gasteiger partial charge in [0, 0.05) is 26.2 Å². The zero-order chi connectivity index (χ0) is 35.0. The number of fused-ring (bicyclic) bond motifs is 1. The zero-order valence-electron chi connectivity index (χ0n) is 26.4. The van der Waals surface area contributed by atoms with Crippen LogP contribution in [0, 0.1) is 0 Å². The predicted octanol–water partition coefficient (Wildman–Crippen LogP) is 9.49. The SMILES string of the molecule is COc1ccc2nc(NC(=O)C(Sc3ccc(NC(=O)/C(=C/c4ccc(Cl)cc4Cl)NC(=O)c4ccccc4)cc3)c3ccccc3)sc2c1. The van der Waals surface area contributed by atoms with Crippen molar-refractivity contribution in [1.29, 1.82) is 0 Å². The minimum Gasteiger partial charge on any atom is -0.497 e. The molecule has 12 heteroatoms. The molecule has 0 saturated carbocycles. The second-order valence-electron chi connectivity index (χ2n) is 10.8. The van der Waals surface area contributed by atoms with E-state index in [0.29, 0.717) is 37.7 Å². The normalized spacial score (nSPS) is 11.9. The van der Waals surface area contributed by atoms with E-state index in [1.54, 1.807) is 67.8 Å². The molecule has 0 radical (unpaired) electrons. The Kier molecular flexibility index (Phi) is 11.1. The number of methoxy groups -OCH3 is 1. The van der Waals surface area contributed by atoms with E-state index in [4.69, 9.17) is 27.9 Å². The fourth-order valence-electron chi connectivity index (χ4n) is 4.82. The first-order chi connectivity index (χ1) is 24.2. The molecule has 0 aliphatic carbocycles. The fourth-order valence-corrected chi connectivity index (χ4v) is 7.21. The highest BCUT2D eigenvalue weighted by Crippen LogP contribution is 2.38. The molecule has 0 aliphatic rings. The second kappa shape index (κ2) is 16.1. The molecule has 0 saturated heterocycles. The topological polar surface area (TPSA) is 109 Å². The average molecular weight is 740 g/mol. The molecule has 5 aromatic carbocycles. The van der Waals surface area contributed by atoms with E-state index in [0.717, 1.165) is 20.7 Å². The second-order valence-corrected chi connectivity index (χ2v) is 13.8. The van der Waals surface area contributed by atoms with Gasteiger partial charge in [0.25, 0.3) is 11.8 Å². The smallest absolute Gasteiger partial charge is 0.272 e. The third-order valence-corrected chi connectivity index (χ3v) is 10.1. The summed E-state index contributed by atoms with van der Waals surface area (Å²) in [6, 6.07) is 35.5. The molecular weight excluding hydrogens is 711 g/mol. The Morgan fingerprint density at radius 1 is 0.840 bits per heavy atom. The Morgan fingerprint density at radius 2 is 1.56 bits per heavy atom. The minimum absolute atomic E-state index is 0.0179. The first-order valence-corrected chi connectivity index (χ1v) is 17.6. The van der Waals surface area contributed by atoms with Gasteiger partial charge in [-0.2, -0.15) is 0 Å². The van der Waals surface area contributed by atoms with Crippen molar-refractivity contribution < 1.29 is 19.1 Å². The van der Waals surface area contributed by atoms with Crippen LogP contribution in [0.1, 0.15) is 26.7 Å². The van der Waals surface area contributed by atoms with Crippen molar-refractivity contribution in [3.05, 3.63) is 154 Å². The summed E-state index contributed by atoms with van der Waals surface area (Å²) in [4.78, 5) is 45.6. The van der Waals surface area contributed by atoms with Crippen LogP contribution in [0.5, 0.6) is 5.75 Å². The summed E-state index contributed by atoms with van der Waals surface area (Å²) < 4.78 is 6.22. The Balaban J connectivity index is 1.19. The fraction of sp³-hybridized carbons (Fsp3) is 0.0526. The third kappa shape index (κ3) is 8.71. The molecule has 0 aliphatic heterocycles. The molecule has 1 atom stereocenters. The minimum atomic E-state index is -0.593. The van der Waals surface area contributed by atoms with Gasteiger partial charge in [-0.25, -0.2) is 4.98 Å². The number of nitrogens with zero attached hydrogens (tertiary/aromatic N) is 1. The third-order valence-electron chi connectivity index (χ3n) is 7.32. The van der Waals surface area contributed by atoms with Crippen molar-refractivity contribution in [3.63, 3.8) is 0 Å². The zero-order valence-corrected chi connectivity index (χ0v) is 29.5. The number of aromatic nitrogens is 1. The van der Waals surface area contributed by atoms with Gasteiger partial charge in [-0.3, -0.25) is 14.4 Å². The molecule has 3 N–H and O–H groups in total. The summed E-state index contributed by atoms with van der Waals surface area (Å²) in [5.41, 5.74) is 2.93. The van der Waals surface area contributed by atoms with E-state index < -0.39 is 17.1 Å². The van der Waals surface area contributed by atoms with E-state index in [2.05, 4.69) is 20.9 Å². The summed E-state index contributed by atoms with van der Waals surface area (Å²) in [6.45, 7) is 0. The number of carbonyl (C=O) groups excluding carboxylic acids is 3. The molecule has 8 nitrogen and oxygen atoms in total. The van der Waals surface area contributed by atoms with Crippen molar-refractivity contribution in [2.75, 3.05) is 17.7 Å². The molecule has 6 aromatic rings. The first kappa shape index (κ1) is 34.7. The van der Waals surface area contributed by atoms with E-state index in [1.807, 2.05) is 60.7 Å². The largest absolute Gasteiger partial charge is 0.497 e. The Morgan fingerprint density at radius 3 is 2.26 bits per heavy atom. The maximum Gasteiger partial charge on any atom is 0.272 e. The first-order valence-electron chi connectivity index (χ1n) is 15.2. The monoisotopic (exact) mass is 738 g/mol. The van der Waals surface area contributed by atoms with E-state index in [9.17, 15) is 14.4 Å². The molecule has 250 valence electrons. The highest BCUT2D eigenvalue weighted by Gasteiger charge is 2.24. The highest BCUT2D eigenvalue weighted by atomic mass is 35.5. The van der Waals surface area contributed by atoms with Crippen LogP contribution in [0.4, 0.5) is 10.8 Å². The average Bonchev–Trinajstić information content (AvgIpc) is 3.54. The van der Waals surface area contributed by atoms with Crippen LogP contribution in [-0.2, 0) is 9.59 Å². The van der Waals surface area contributed by atoms with Crippen molar-refractivity contribution in [2.24, 2.45) is 0 Å². The number of rotatable bonds is 11. The molecule has 0 fully saturated rings. The Labute approximate surface area is 306 Å². The standard InChI is InChI=1S/C38H28Cl2N4O4S2/c1-48-28-16-19-31-33(22-28)50-38(43-31)44-37(47)34(23-8-4-2-5-9-23)49-29-17-14-27(15-18-29)41-36(46)32(20-25-12-13-26(39)21-30(25)40)42-35(45)24-10-6-3-7-11-24/h2-22,34H,1H3,(H,41,46)(H,42,45)(H,43,44,47)/b32-20-. The van der Waals surface area contributed by atoms with Crippen molar-refractivity contribution in [1.82, 2.24) is 10.3 Å². The van der Waals surface area contributed by atoms with Crippen molar-refractivity contribution >= 4 is 91.1 Å². The Hall–Kier alpha value is -5.13. The van der Waals surface area contributed by atoms with E-state index in [-0.39, 0.29) is 11.6 Å². The molecule has 0 bridgehead atoms. The number of benzene rings is 5. The van der Waals surface area contributed by atoms with Crippen LogP contribution in [0.2, 0.25) is 10.0 Å². The molecule has 1 heterocycles. The molecule has 50 heavy (non-hydrogen) atoms. The number of thiazole rings is 1. The number of hydrogen-bond donors (Lipinski definition) is 3. The van der Waals surface area contributed by atoms with Gasteiger partial charge in [0.1, 0.15) is 16.7 Å². The maximum absolute atomic E-state index is 13.7. The van der Waals surface area contributed by atoms with Gasteiger partial charge >= 0.3 is 0 Å². The number of nitrogens with one attached hydrogen (secondary N) is 3. The van der Waals surface area contributed by atoms with Crippen LogP contribution in [0.15, 0.2) is 132 Å². The van der Waals surface area contributed by atoms with Crippen LogP contribution in [-0.4, -0.2) is 29.8 Å². The van der Waals surface area contributed by atoms with E-state index >= 15 is 0 Å². The molecule has 3 amide bonds. The van der Waals surface area contributed by atoms with Gasteiger partial charge in [-0.15, -0.1) is 11.8 Å². The Bertz CT molecular complexity index is 2190. The lowest BCUT2D eigenvalue weighted by molar-refractivity contribution is -0.116. The van der Waals surface area contributed by atoms with Gasteiger partial charge in [-0.1, -0.05) is 89.1 Å². The number of anilines is 2. The summed E-state index contributed by atoms with van der Waals surface area (Å²) >= 11 is 15.2. The molecule has 1 unspecified atom stereocenters. The highest BCUT2D eigenvalue weighted by molar-refractivity contribution is 8.00. The number of ether oxygens (including phenoxy) is 1. The van der Waals surface area contributed by atoms with Crippen molar-refractivity contribution in [3.8, 4) is 5.75 Å². The number of amides is 3. The van der Waals surface area contributed by atoms with Crippen LogP contribution < -0.4 is 20.7 Å². The summed E-state index contributed by atoms with van der Waals surface area (Å²) in [6.07, 6.45) is 1.49. The van der Waals surface area contributed by atoms with Crippen LogP contribution >= 0.6 is 46.3 Å². The number of thioether (sulfide) groups is 1. The molecule has 0 spiro atoms. The quantitative estimate of drug-likeness (QED) is 0.0903. The van der Waals surface area contributed by atoms with E-state index in [1.165, 1.54) is 29.2 Å². The summed E-state index contributed by atoms with van der Waals surface area (Å²) in [7, 11) is 1.60. The lowest BCUT2D eigenvalue weighted by Gasteiger charge is -2.17. The van der Waals surface area contributed by atoms with Gasteiger partial charge in [0.2, 0.25) is 5.91 Å².